The Morgan fingerprint density at radius 3 is 2.82 bits per heavy atom. The third-order valence-electron chi connectivity index (χ3n) is 3.68. The van der Waals surface area contributed by atoms with Crippen LogP contribution in [0.25, 0.3) is 0 Å². The molecule has 0 aromatic carbocycles. The predicted octanol–water partition coefficient (Wildman–Crippen LogP) is 1.53. The average molecular weight is 237 g/mol. The van der Waals surface area contributed by atoms with Gasteiger partial charge in [-0.05, 0) is 35.7 Å². The number of nitrogens with zero attached hydrogens (tertiary/aromatic N) is 4. The van der Waals surface area contributed by atoms with Crippen LogP contribution in [0.1, 0.15) is 50.8 Å². The Kier molecular flexibility index (Phi) is 4.91. The van der Waals surface area contributed by atoms with E-state index < -0.39 is 0 Å². The van der Waals surface area contributed by atoms with Gasteiger partial charge in [-0.1, -0.05) is 32.1 Å². The summed E-state index contributed by atoms with van der Waals surface area (Å²) in [6.07, 6.45) is 10.2. The largest absolute Gasteiger partial charge is 0.330 e. The molecule has 1 aromatic rings. The number of tetrazole rings is 1. The SMILES string of the molecule is NCCCn1nnnc1CCC1CCCCC1. The number of hydrogen-bond acceptors (Lipinski definition) is 4. The van der Waals surface area contributed by atoms with Crippen molar-refractivity contribution in [3.05, 3.63) is 5.82 Å². The van der Waals surface area contributed by atoms with Crippen molar-refractivity contribution in [2.75, 3.05) is 6.54 Å². The lowest BCUT2D eigenvalue weighted by molar-refractivity contribution is 0.335. The van der Waals surface area contributed by atoms with E-state index in [0.717, 1.165) is 31.1 Å². The van der Waals surface area contributed by atoms with Crippen LogP contribution in [-0.2, 0) is 13.0 Å². The van der Waals surface area contributed by atoms with Gasteiger partial charge in [0.2, 0.25) is 0 Å². The third-order valence-corrected chi connectivity index (χ3v) is 3.68. The molecule has 0 aliphatic heterocycles. The highest BCUT2D eigenvalue weighted by molar-refractivity contribution is 4.82. The first-order valence-corrected chi connectivity index (χ1v) is 6.85. The van der Waals surface area contributed by atoms with E-state index in [4.69, 9.17) is 5.73 Å². The summed E-state index contributed by atoms with van der Waals surface area (Å²) >= 11 is 0. The van der Waals surface area contributed by atoms with E-state index in [1.807, 2.05) is 4.68 Å². The highest BCUT2D eigenvalue weighted by Gasteiger charge is 2.15. The van der Waals surface area contributed by atoms with Gasteiger partial charge in [0.05, 0.1) is 0 Å². The fourth-order valence-corrected chi connectivity index (χ4v) is 2.63. The first-order valence-electron chi connectivity index (χ1n) is 6.85. The zero-order valence-electron chi connectivity index (χ0n) is 10.5. The molecule has 0 unspecified atom stereocenters. The van der Waals surface area contributed by atoms with E-state index in [1.54, 1.807) is 0 Å². The zero-order valence-corrected chi connectivity index (χ0v) is 10.5. The van der Waals surface area contributed by atoms with Crippen LogP contribution in [0.5, 0.6) is 0 Å². The second-order valence-electron chi connectivity index (χ2n) is 5.00. The molecule has 17 heavy (non-hydrogen) atoms. The molecule has 96 valence electrons. The van der Waals surface area contributed by atoms with Gasteiger partial charge in [-0.2, -0.15) is 0 Å². The van der Waals surface area contributed by atoms with Crippen LogP contribution in [0.2, 0.25) is 0 Å². The molecule has 1 aromatic heterocycles. The molecule has 2 rings (SSSR count). The molecule has 0 bridgehead atoms. The van der Waals surface area contributed by atoms with Gasteiger partial charge in [-0.15, -0.1) is 5.10 Å². The quantitative estimate of drug-likeness (QED) is 0.814. The lowest BCUT2D eigenvalue weighted by atomic mass is 9.86. The minimum absolute atomic E-state index is 0.696. The van der Waals surface area contributed by atoms with Crippen molar-refractivity contribution in [1.29, 1.82) is 0 Å². The maximum atomic E-state index is 5.50. The van der Waals surface area contributed by atoms with E-state index >= 15 is 0 Å². The van der Waals surface area contributed by atoms with Gasteiger partial charge in [0.1, 0.15) is 0 Å². The lowest BCUT2D eigenvalue weighted by Gasteiger charge is -2.20. The van der Waals surface area contributed by atoms with Crippen molar-refractivity contribution in [1.82, 2.24) is 20.2 Å². The Morgan fingerprint density at radius 2 is 2.06 bits per heavy atom. The van der Waals surface area contributed by atoms with Crippen molar-refractivity contribution in [3.63, 3.8) is 0 Å². The summed E-state index contributed by atoms with van der Waals surface area (Å²) in [5, 5.41) is 11.9. The summed E-state index contributed by atoms with van der Waals surface area (Å²) < 4.78 is 1.91. The monoisotopic (exact) mass is 237 g/mol. The number of aromatic nitrogens is 4. The topological polar surface area (TPSA) is 69.6 Å². The Morgan fingerprint density at radius 1 is 1.24 bits per heavy atom. The molecule has 1 saturated carbocycles. The van der Waals surface area contributed by atoms with Crippen molar-refractivity contribution < 1.29 is 0 Å². The summed E-state index contributed by atoms with van der Waals surface area (Å²) in [5.74, 6) is 1.92. The molecule has 5 nitrogen and oxygen atoms in total. The second kappa shape index (κ2) is 6.69. The first-order chi connectivity index (χ1) is 8.40. The lowest BCUT2D eigenvalue weighted by Crippen LogP contribution is -2.12. The van der Waals surface area contributed by atoms with Crippen LogP contribution >= 0.6 is 0 Å². The number of nitrogens with two attached hydrogens (primary N) is 1. The molecular weight excluding hydrogens is 214 g/mol. The van der Waals surface area contributed by atoms with E-state index in [9.17, 15) is 0 Å². The molecular formula is C12H23N5. The molecule has 1 aliphatic carbocycles. The first kappa shape index (κ1) is 12.5. The molecule has 2 N–H and O–H groups in total. The van der Waals surface area contributed by atoms with Crippen molar-refractivity contribution in [2.24, 2.45) is 11.7 Å². The standard InChI is InChI=1S/C12H23N5/c13-9-4-10-17-12(14-15-16-17)8-7-11-5-2-1-3-6-11/h11H,1-10,13H2. The zero-order chi connectivity index (χ0) is 11.9. The fraction of sp³-hybridized carbons (Fsp3) is 0.917. The van der Waals surface area contributed by atoms with Crippen LogP contribution in [0.4, 0.5) is 0 Å². The molecule has 5 heteroatoms. The van der Waals surface area contributed by atoms with E-state index in [0.29, 0.717) is 6.54 Å². The van der Waals surface area contributed by atoms with E-state index in [2.05, 4.69) is 15.5 Å². The van der Waals surface area contributed by atoms with E-state index in [-0.39, 0.29) is 0 Å². The minimum atomic E-state index is 0.696. The van der Waals surface area contributed by atoms with Crippen LogP contribution in [0.3, 0.4) is 0 Å². The number of hydrogen-bond donors (Lipinski definition) is 1. The van der Waals surface area contributed by atoms with Crippen molar-refractivity contribution in [3.8, 4) is 0 Å². The molecule has 1 aliphatic rings. The molecule has 1 fully saturated rings. The van der Waals surface area contributed by atoms with Crippen LogP contribution < -0.4 is 5.73 Å². The van der Waals surface area contributed by atoms with Crippen LogP contribution in [0.15, 0.2) is 0 Å². The molecule has 0 amide bonds. The van der Waals surface area contributed by atoms with Gasteiger partial charge in [0, 0.05) is 13.0 Å². The highest BCUT2D eigenvalue weighted by atomic mass is 15.5. The Hall–Kier alpha value is -0.970. The smallest absolute Gasteiger partial charge is 0.151 e. The normalized spacial score (nSPS) is 17.5. The second-order valence-corrected chi connectivity index (χ2v) is 5.00. The fourth-order valence-electron chi connectivity index (χ4n) is 2.63. The number of rotatable bonds is 6. The maximum absolute atomic E-state index is 5.50. The summed E-state index contributed by atoms with van der Waals surface area (Å²) in [7, 11) is 0. The number of aryl methyl sites for hydroxylation is 2. The van der Waals surface area contributed by atoms with Crippen LogP contribution in [-0.4, -0.2) is 26.8 Å². The van der Waals surface area contributed by atoms with Gasteiger partial charge in [-0.3, -0.25) is 0 Å². The Balaban J connectivity index is 1.79. The Labute approximate surface area is 103 Å². The third kappa shape index (κ3) is 3.77. The summed E-state index contributed by atoms with van der Waals surface area (Å²) in [6, 6.07) is 0. The highest BCUT2D eigenvalue weighted by Crippen LogP contribution is 2.27. The Bertz CT molecular complexity index is 316. The predicted molar refractivity (Wildman–Crippen MR) is 66.4 cm³/mol. The van der Waals surface area contributed by atoms with Gasteiger partial charge in [0.15, 0.2) is 5.82 Å². The molecule has 0 atom stereocenters. The van der Waals surface area contributed by atoms with Gasteiger partial charge < -0.3 is 5.73 Å². The average Bonchev–Trinajstić information content (AvgIpc) is 2.82. The summed E-state index contributed by atoms with van der Waals surface area (Å²) in [6.45, 7) is 1.55. The van der Waals surface area contributed by atoms with Gasteiger partial charge >= 0.3 is 0 Å². The summed E-state index contributed by atoms with van der Waals surface area (Å²) in [5.41, 5.74) is 5.50. The van der Waals surface area contributed by atoms with E-state index in [1.165, 1.54) is 38.5 Å². The molecule has 0 spiro atoms. The minimum Gasteiger partial charge on any atom is -0.330 e. The molecule has 1 heterocycles. The van der Waals surface area contributed by atoms with Crippen molar-refractivity contribution >= 4 is 0 Å². The molecule has 0 radical (unpaired) electrons. The molecule has 0 saturated heterocycles. The van der Waals surface area contributed by atoms with Gasteiger partial charge in [0.25, 0.3) is 0 Å². The van der Waals surface area contributed by atoms with Crippen LogP contribution in [0, 0.1) is 5.92 Å². The van der Waals surface area contributed by atoms with Gasteiger partial charge in [-0.25, -0.2) is 4.68 Å². The van der Waals surface area contributed by atoms with Crippen molar-refractivity contribution in [2.45, 2.75) is 57.9 Å². The maximum Gasteiger partial charge on any atom is 0.151 e. The summed E-state index contributed by atoms with van der Waals surface area (Å²) in [4.78, 5) is 0.